The molecule has 1 aliphatic heterocycles. The normalized spacial score (nSPS) is 24.3. The van der Waals surface area contributed by atoms with Gasteiger partial charge in [0.2, 0.25) is 0 Å². The third kappa shape index (κ3) is 4.77. The molecule has 1 amide bonds. The number of nitrogens with two attached hydrogens (primary N) is 1. The summed E-state index contributed by atoms with van der Waals surface area (Å²) in [6, 6.07) is 9.41. The van der Waals surface area contributed by atoms with Crippen molar-refractivity contribution in [3.05, 3.63) is 35.9 Å². The molecule has 1 aliphatic rings. The molecule has 0 spiro atoms. The van der Waals surface area contributed by atoms with Crippen LogP contribution in [0, 0.1) is 5.92 Å². The number of nitrogens with zero attached hydrogens (tertiary/aromatic N) is 1. The fourth-order valence-electron chi connectivity index (χ4n) is 2.55. The minimum atomic E-state index is -0.544. The summed E-state index contributed by atoms with van der Waals surface area (Å²) in [4.78, 5) is 24.4. The van der Waals surface area contributed by atoms with E-state index in [9.17, 15) is 9.59 Å². The molecule has 1 aromatic rings. The summed E-state index contributed by atoms with van der Waals surface area (Å²) < 4.78 is 10.3. The first-order valence-electron chi connectivity index (χ1n) is 7.79. The monoisotopic (exact) mass is 321 g/mol. The molecule has 0 bridgehead atoms. The van der Waals surface area contributed by atoms with Crippen LogP contribution in [0.15, 0.2) is 30.3 Å². The maximum absolute atomic E-state index is 12.3. The van der Waals surface area contributed by atoms with E-state index in [1.165, 1.54) is 0 Å². The maximum Gasteiger partial charge on any atom is 0.536 e. The average Bonchev–Trinajstić information content (AvgIpc) is 2.88. The third-order valence-electron chi connectivity index (χ3n) is 3.73. The van der Waals surface area contributed by atoms with Crippen LogP contribution in [-0.2, 0) is 20.9 Å². The van der Waals surface area contributed by atoms with Gasteiger partial charge in [0.25, 0.3) is 0 Å². The van der Waals surface area contributed by atoms with Crippen LogP contribution in [-0.4, -0.2) is 35.3 Å². The van der Waals surface area contributed by atoms with Gasteiger partial charge in [-0.3, -0.25) is 4.79 Å². The predicted octanol–water partition coefficient (Wildman–Crippen LogP) is 2.38. The van der Waals surface area contributed by atoms with Crippen molar-refractivity contribution in [3.8, 4) is 0 Å². The highest BCUT2D eigenvalue weighted by atomic mass is 16.6. The zero-order valence-electron chi connectivity index (χ0n) is 14.0. The fourth-order valence-corrected chi connectivity index (χ4v) is 2.55. The SMILES string of the molecule is CC(C)(C)OC(=O)[C@@H]1CC[N+](N)(C(=O)OCc2ccccc2)C1. The van der Waals surface area contributed by atoms with Gasteiger partial charge in [-0.2, -0.15) is 10.6 Å². The molecular weight excluding hydrogens is 296 g/mol. The van der Waals surface area contributed by atoms with Gasteiger partial charge in [0.1, 0.15) is 31.2 Å². The van der Waals surface area contributed by atoms with E-state index >= 15 is 0 Å². The molecule has 0 radical (unpaired) electrons. The van der Waals surface area contributed by atoms with Gasteiger partial charge in [-0.05, 0) is 26.3 Å². The second-order valence-corrected chi connectivity index (χ2v) is 7.00. The van der Waals surface area contributed by atoms with E-state index in [-0.39, 0.29) is 29.6 Å². The number of hydrogen-bond donors (Lipinski definition) is 1. The Labute approximate surface area is 136 Å². The molecule has 1 fully saturated rings. The first kappa shape index (κ1) is 17.4. The van der Waals surface area contributed by atoms with Gasteiger partial charge in [0.15, 0.2) is 0 Å². The minimum absolute atomic E-state index is 0.175. The Balaban J connectivity index is 1.90. The van der Waals surface area contributed by atoms with E-state index < -0.39 is 11.7 Å². The molecular formula is C17H25N2O4+. The number of rotatable bonds is 3. The smallest absolute Gasteiger partial charge is 0.460 e. The van der Waals surface area contributed by atoms with Crippen LogP contribution in [0.5, 0.6) is 0 Å². The molecule has 0 aromatic heterocycles. The predicted molar refractivity (Wildman–Crippen MR) is 84.8 cm³/mol. The second kappa shape index (κ2) is 6.68. The molecule has 6 heteroatoms. The van der Waals surface area contributed by atoms with E-state index in [1.807, 2.05) is 51.1 Å². The number of ether oxygens (including phenoxy) is 2. The number of carbonyl (C=O) groups excluding carboxylic acids is 2. The van der Waals surface area contributed by atoms with E-state index in [0.29, 0.717) is 13.0 Å². The van der Waals surface area contributed by atoms with E-state index in [2.05, 4.69) is 0 Å². The summed E-state index contributed by atoms with van der Waals surface area (Å²) in [5.41, 5.74) is 0.355. The van der Waals surface area contributed by atoms with Gasteiger partial charge in [-0.15, -0.1) is 4.59 Å². The standard InChI is InChI=1S/C17H25N2O4/c1-17(2,3)23-15(20)14-9-10-19(18,11-14)16(21)22-12-13-7-5-4-6-8-13/h4-8,14H,9-12,18H2,1-3H3/q+1/t14-,19?/m1/s1. The topological polar surface area (TPSA) is 78.6 Å². The van der Waals surface area contributed by atoms with Crippen LogP contribution in [0.1, 0.15) is 32.8 Å². The van der Waals surface area contributed by atoms with E-state index in [1.54, 1.807) is 0 Å². The van der Waals surface area contributed by atoms with Crippen molar-refractivity contribution in [2.24, 2.45) is 11.8 Å². The summed E-state index contributed by atoms with van der Waals surface area (Å²) in [7, 11) is 0. The molecule has 1 aromatic carbocycles. The molecule has 1 unspecified atom stereocenters. The van der Waals surface area contributed by atoms with Crippen molar-refractivity contribution in [3.63, 3.8) is 0 Å². The summed E-state index contributed by atoms with van der Waals surface area (Å²) in [5.74, 6) is 5.44. The molecule has 23 heavy (non-hydrogen) atoms. The lowest BCUT2D eigenvalue weighted by Crippen LogP contribution is -2.57. The number of hydrogen-bond acceptors (Lipinski definition) is 5. The van der Waals surface area contributed by atoms with Crippen LogP contribution in [0.4, 0.5) is 4.79 Å². The highest BCUT2D eigenvalue weighted by Gasteiger charge is 2.48. The van der Waals surface area contributed by atoms with Gasteiger partial charge in [0, 0.05) is 6.42 Å². The Kier molecular flexibility index (Phi) is 5.06. The number of esters is 1. The molecule has 1 heterocycles. The summed E-state index contributed by atoms with van der Waals surface area (Å²) in [5, 5.41) is 0. The van der Waals surface area contributed by atoms with Crippen molar-refractivity contribution < 1.29 is 23.7 Å². The first-order chi connectivity index (χ1) is 10.7. The Bertz CT molecular complexity index is 568. The van der Waals surface area contributed by atoms with Crippen molar-refractivity contribution in [1.82, 2.24) is 0 Å². The average molecular weight is 321 g/mol. The summed E-state index contributed by atoms with van der Waals surface area (Å²) in [6.45, 7) is 6.21. The highest BCUT2D eigenvalue weighted by Crippen LogP contribution is 2.25. The Morgan fingerprint density at radius 2 is 1.91 bits per heavy atom. The zero-order valence-corrected chi connectivity index (χ0v) is 14.0. The van der Waals surface area contributed by atoms with Crippen LogP contribution >= 0.6 is 0 Å². The Morgan fingerprint density at radius 1 is 1.26 bits per heavy atom. The maximum atomic E-state index is 12.3. The number of likely N-dealkylation sites (tertiary alicyclic amines) is 1. The molecule has 0 aliphatic carbocycles. The lowest BCUT2D eigenvalue weighted by molar-refractivity contribution is -0.858. The van der Waals surface area contributed by atoms with Gasteiger partial charge < -0.3 is 9.47 Å². The van der Waals surface area contributed by atoms with Gasteiger partial charge in [0.05, 0.1) is 0 Å². The van der Waals surface area contributed by atoms with Crippen LogP contribution in [0.25, 0.3) is 0 Å². The van der Waals surface area contributed by atoms with Crippen molar-refractivity contribution >= 4 is 12.1 Å². The van der Waals surface area contributed by atoms with Crippen LogP contribution in [0.3, 0.4) is 0 Å². The largest absolute Gasteiger partial charge is 0.536 e. The molecule has 0 saturated carbocycles. The summed E-state index contributed by atoms with van der Waals surface area (Å²) >= 11 is 0. The highest BCUT2D eigenvalue weighted by molar-refractivity contribution is 5.74. The summed E-state index contributed by atoms with van der Waals surface area (Å²) in [6.07, 6.45) is 0.00572. The zero-order chi connectivity index (χ0) is 17.1. The van der Waals surface area contributed by atoms with Crippen LogP contribution < -0.4 is 5.84 Å². The third-order valence-corrected chi connectivity index (χ3v) is 3.73. The van der Waals surface area contributed by atoms with E-state index in [0.717, 1.165) is 5.56 Å². The Hall–Kier alpha value is -1.92. The Morgan fingerprint density at radius 3 is 2.52 bits per heavy atom. The molecule has 2 N–H and O–H groups in total. The molecule has 6 nitrogen and oxygen atoms in total. The number of carbonyl (C=O) groups is 2. The molecule has 1 saturated heterocycles. The molecule has 126 valence electrons. The quantitative estimate of drug-likeness (QED) is 0.400. The lowest BCUT2D eigenvalue weighted by Gasteiger charge is -2.24. The van der Waals surface area contributed by atoms with Crippen LogP contribution in [0.2, 0.25) is 0 Å². The molecule has 2 rings (SSSR count). The number of benzene rings is 1. The minimum Gasteiger partial charge on any atom is -0.460 e. The van der Waals surface area contributed by atoms with Crippen molar-refractivity contribution in [2.75, 3.05) is 13.1 Å². The van der Waals surface area contributed by atoms with Gasteiger partial charge >= 0.3 is 12.1 Å². The number of quaternary nitrogens is 1. The van der Waals surface area contributed by atoms with Gasteiger partial charge in [-0.1, -0.05) is 30.3 Å². The molecule has 2 atom stereocenters. The van der Waals surface area contributed by atoms with Crippen molar-refractivity contribution in [1.29, 1.82) is 0 Å². The van der Waals surface area contributed by atoms with Crippen molar-refractivity contribution in [2.45, 2.75) is 39.4 Å². The van der Waals surface area contributed by atoms with Gasteiger partial charge in [-0.25, -0.2) is 0 Å². The number of amides is 1. The fraction of sp³-hybridized carbons (Fsp3) is 0.529. The lowest BCUT2D eigenvalue weighted by atomic mass is 10.1. The second-order valence-electron chi connectivity index (χ2n) is 7.00. The van der Waals surface area contributed by atoms with E-state index in [4.69, 9.17) is 15.3 Å². The first-order valence-corrected chi connectivity index (χ1v) is 7.79.